The number of rotatable bonds is 6. The minimum absolute atomic E-state index is 0.0754. The van der Waals surface area contributed by atoms with Crippen LogP contribution in [0.3, 0.4) is 0 Å². The van der Waals surface area contributed by atoms with Crippen LogP contribution in [-0.4, -0.2) is 19.7 Å². The van der Waals surface area contributed by atoms with Gasteiger partial charge in [0.05, 0.1) is 10.7 Å². The zero-order valence-corrected chi connectivity index (χ0v) is 32.7. The minimum atomic E-state index is -0.274. The molecule has 2 atom stereocenters. The second-order valence-electron chi connectivity index (χ2n) is 15.3. The van der Waals surface area contributed by atoms with Gasteiger partial charge in [0, 0.05) is 16.0 Å². The normalized spacial score (nSPS) is 16.9. The van der Waals surface area contributed by atoms with Crippen LogP contribution in [0.15, 0.2) is 205 Å². The monoisotopic (exact) mass is 759 g/mol. The van der Waals surface area contributed by atoms with Crippen molar-refractivity contribution in [3.63, 3.8) is 0 Å². The van der Waals surface area contributed by atoms with Gasteiger partial charge < -0.3 is 0 Å². The molecule has 4 heteroatoms. The maximum Gasteiger partial charge on any atom is 0.164 e. The van der Waals surface area contributed by atoms with Gasteiger partial charge in [-0.05, 0) is 97.3 Å². The van der Waals surface area contributed by atoms with E-state index in [4.69, 9.17) is 15.0 Å². The highest BCUT2D eigenvalue weighted by Gasteiger charge is 2.47. The van der Waals surface area contributed by atoms with E-state index in [0.717, 1.165) is 38.9 Å². The Kier molecular flexibility index (Phi) is 8.27. The van der Waals surface area contributed by atoms with Gasteiger partial charge in [0.25, 0.3) is 0 Å². The van der Waals surface area contributed by atoms with E-state index in [2.05, 4.69) is 201 Å². The number of allylic oxidation sites excluding steroid dienone is 3. The Bertz CT molecular complexity index is 3100. The van der Waals surface area contributed by atoms with E-state index in [1.54, 1.807) is 0 Å². The molecule has 274 valence electrons. The molecule has 8 aromatic carbocycles. The molecule has 2 unspecified atom stereocenters. The molecule has 0 bridgehead atoms. The molecule has 0 saturated carbocycles. The molecule has 0 amide bonds. The Morgan fingerprint density at radius 2 is 1.10 bits per heavy atom. The second kappa shape index (κ2) is 13.9. The van der Waals surface area contributed by atoms with Gasteiger partial charge >= 0.3 is 0 Å². The molecule has 1 aliphatic carbocycles. The predicted molar refractivity (Wildman–Crippen MR) is 243 cm³/mol. The van der Waals surface area contributed by atoms with Crippen molar-refractivity contribution in [1.82, 2.24) is 15.0 Å². The number of aromatic nitrogens is 3. The standard InChI is InChI=1S/C54H37N3S/c1-54-48(45-21-10-11-25-50(45)58-54)23-13-24-49(54)53-56-51(39-29-26-36(27-30-39)35-14-4-2-5-15-35)55-52(57-53)44-22-12-19-38-28-31-40(33-47(38)44)42-32-41-18-8-9-20-43(41)46(34-42)37-16-6-3-7-17-37/h2-34,49H,1H3. The molecule has 0 saturated heterocycles. The Morgan fingerprint density at radius 3 is 1.95 bits per heavy atom. The average molecular weight is 760 g/mol. The lowest BCUT2D eigenvalue weighted by Gasteiger charge is -2.34. The smallest absolute Gasteiger partial charge is 0.164 e. The van der Waals surface area contributed by atoms with Gasteiger partial charge in [-0.25, -0.2) is 15.0 Å². The zero-order valence-electron chi connectivity index (χ0n) is 31.9. The highest BCUT2D eigenvalue weighted by Crippen LogP contribution is 2.60. The quantitative estimate of drug-likeness (QED) is 0.169. The number of benzene rings is 8. The molecule has 11 rings (SSSR count). The van der Waals surface area contributed by atoms with Gasteiger partial charge in [0.1, 0.15) is 5.82 Å². The van der Waals surface area contributed by atoms with E-state index in [1.165, 1.54) is 49.1 Å². The molecule has 0 fully saturated rings. The zero-order chi connectivity index (χ0) is 38.6. The lowest BCUT2D eigenvalue weighted by Crippen LogP contribution is -2.30. The maximum absolute atomic E-state index is 5.42. The summed E-state index contributed by atoms with van der Waals surface area (Å²) in [7, 11) is 0. The van der Waals surface area contributed by atoms with E-state index in [9.17, 15) is 0 Å². The Morgan fingerprint density at radius 1 is 0.448 bits per heavy atom. The van der Waals surface area contributed by atoms with Gasteiger partial charge in [-0.2, -0.15) is 0 Å². The van der Waals surface area contributed by atoms with Crippen LogP contribution in [0.5, 0.6) is 0 Å². The van der Waals surface area contributed by atoms with Crippen LogP contribution in [0.4, 0.5) is 0 Å². The largest absolute Gasteiger partial charge is 0.212 e. The summed E-state index contributed by atoms with van der Waals surface area (Å²) in [5.74, 6) is 2.04. The van der Waals surface area contributed by atoms with Crippen molar-refractivity contribution in [1.29, 1.82) is 0 Å². The molecule has 0 radical (unpaired) electrons. The van der Waals surface area contributed by atoms with Crippen LogP contribution in [0.25, 0.3) is 83.3 Å². The molecular weight excluding hydrogens is 723 g/mol. The minimum Gasteiger partial charge on any atom is -0.212 e. The Labute approximate surface area is 342 Å². The molecule has 9 aromatic rings. The van der Waals surface area contributed by atoms with Crippen LogP contribution in [0, 0.1) is 0 Å². The summed E-state index contributed by atoms with van der Waals surface area (Å²) in [4.78, 5) is 17.3. The lowest BCUT2D eigenvalue weighted by atomic mass is 9.79. The first-order chi connectivity index (χ1) is 28.6. The number of hydrogen-bond acceptors (Lipinski definition) is 4. The second-order valence-corrected chi connectivity index (χ2v) is 16.8. The molecule has 2 heterocycles. The molecule has 58 heavy (non-hydrogen) atoms. The summed E-state index contributed by atoms with van der Waals surface area (Å²) in [6.07, 6.45) is 6.72. The number of fused-ring (bicyclic) bond motifs is 5. The first-order valence-electron chi connectivity index (χ1n) is 19.8. The van der Waals surface area contributed by atoms with Crippen molar-refractivity contribution in [3.05, 3.63) is 212 Å². The van der Waals surface area contributed by atoms with Crippen LogP contribution >= 0.6 is 11.8 Å². The van der Waals surface area contributed by atoms with Crippen molar-refractivity contribution in [3.8, 4) is 56.2 Å². The number of nitrogens with zero attached hydrogens (tertiary/aromatic N) is 3. The molecule has 3 nitrogen and oxygen atoms in total. The SMILES string of the molecule is CC12Sc3ccccc3C1=CC=CC2c1nc(-c2ccc(-c3ccccc3)cc2)nc(-c2cccc3ccc(-c4cc(-c5ccccc5)c5ccccc5c4)cc23)n1. The molecule has 1 aliphatic heterocycles. The molecule has 1 aromatic heterocycles. The van der Waals surface area contributed by atoms with Gasteiger partial charge in [-0.3, -0.25) is 0 Å². The third-order valence-electron chi connectivity index (χ3n) is 11.8. The van der Waals surface area contributed by atoms with Crippen molar-refractivity contribution < 1.29 is 0 Å². The first kappa shape index (κ1) is 34.4. The van der Waals surface area contributed by atoms with Crippen molar-refractivity contribution in [2.45, 2.75) is 22.5 Å². The van der Waals surface area contributed by atoms with Crippen molar-refractivity contribution in [2.75, 3.05) is 0 Å². The van der Waals surface area contributed by atoms with E-state index >= 15 is 0 Å². The van der Waals surface area contributed by atoms with Gasteiger partial charge in [0.15, 0.2) is 11.6 Å². The third kappa shape index (κ3) is 5.88. The lowest BCUT2D eigenvalue weighted by molar-refractivity contribution is 0.664. The van der Waals surface area contributed by atoms with E-state index in [0.29, 0.717) is 11.6 Å². The first-order valence-corrected chi connectivity index (χ1v) is 20.6. The van der Waals surface area contributed by atoms with Crippen molar-refractivity contribution in [2.24, 2.45) is 0 Å². The van der Waals surface area contributed by atoms with Crippen molar-refractivity contribution >= 4 is 38.9 Å². The summed E-state index contributed by atoms with van der Waals surface area (Å²) < 4.78 is -0.274. The number of hydrogen-bond donors (Lipinski definition) is 0. The van der Waals surface area contributed by atoms with E-state index < -0.39 is 0 Å². The molecule has 0 N–H and O–H groups in total. The van der Waals surface area contributed by atoms with Crippen LogP contribution in [-0.2, 0) is 0 Å². The fourth-order valence-electron chi connectivity index (χ4n) is 8.80. The topological polar surface area (TPSA) is 38.7 Å². The van der Waals surface area contributed by atoms with Gasteiger partial charge in [-0.1, -0.05) is 176 Å². The average Bonchev–Trinajstić information content (AvgIpc) is 3.61. The molecular formula is C54H37N3S. The summed E-state index contributed by atoms with van der Waals surface area (Å²) in [5.41, 5.74) is 11.6. The summed E-state index contributed by atoms with van der Waals surface area (Å²) >= 11 is 1.91. The fraction of sp³-hybridized carbons (Fsp3) is 0.0556. The predicted octanol–water partition coefficient (Wildman–Crippen LogP) is 14.1. The Hall–Kier alpha value is -6.88. The van der Waals surface area contributed by atoms with Crippen LogP contribution < -0.4 is 0 Å². The highest BCUT2D eigenvalue weighted by atomic mass is 32.2. The Balaban J connectivity index is 1.08. The molecule has 2 aliphatic rings. The fourth-order valence-corrected chi connectivity index (χ4v) is 10.3. The molecule has 0 spiro atoms. The third-order valence-corrected chi connectivity index (χ3v) is 13.3. The van der Waals surface area contributed by atoms with E-state index in [1.807, 2.05) is 17.8 Å². The van der Waals surface area contributed by atoms with Gasteiger partial charge in [0.2, 0.25) is 0 Å². The maximum atomic E-state index is 5.42. The van der Waals surface area contributed by atoms with Gasteiger partial charge in [-0.15, -0.1) is 11.8 Å². The highest BCUT2D eigenvalue weighted by molar-refractivity contribution is 8.01. The van der Waals surface area contributed by atoms with E-state index in [-0.39, 0.29) is 10.7 Å². The van der Waals surface area contributed by atoms with Crippen LogP contribution in [0.1, 0.15) is 24.2 Å². The van der Waals surface area contributed by atoms with Crippen LogP contribution in [0.2, 0.25) is 0 Å². The summed E-state index contributed by atoms with van der Waals surface area (Å²) in [6, 6.07) is 65.0. The number of thioether (sulfide) groups is 1. The summed E-state index contributed by atoms with van der Waals surface area (Å²) in [6.45, 7) is 2.34. The summed E-state index contributed by atoms with van der Waals surface area (Å²) in [5, 5.41) is 4.70.